The summed E-state index contributed by atoms with van der Waals surface area (Å²) in [6, 6.07) is 8.53. The van der Waals surface area contributed by atoms with Crippen LogP contribution < -0.4 is 0 Å². The Labute approximate surface area is 155 Å². The van der Waals surface area contributed by atoms with Crippen molar-refractivity contribution in [2.45, 2.75) is 25.0 Å². The second-order valence-electron chi connectivity index (χ2n) is 6.66. The van der Waals surface area contributed by atoms with Crippen molar-refractivity contribution in [2.24, 2.45) is 0 Å². The van der Waals surface area contributed by atoms with Crippen LogP contribution in [0.15, 0.2) is 58.4 Å². The normalized spacial score (nSPS) is 22.7. The highest BCUT2D eigenvalue weighted by molar-refractivity contribution is 6.15. The standard InChI is InChI=1S/C20H19NO6/c22-13-5-1-4-12(10-13)17-16(18(23)15-7-3-9-27-15)19(24)20(25)21(17)11-14-6-2-8-26-14/h1,3-5,7,9-10,14,17,22,24H,2,6,8,11H2/t14-,17+/m1/s1. The Kier molecular flexibility index (Phi) is 4.45. The van der Waals surface area contributed by atoms with E-state index in [9.17, 15) is 19.8 Å². The number of carbonyl (C=O) groups excluding carboxylic acids is 2. The number of aliphatic hydroxyl groups excluding tert-OH is 1. The van der Waals surface area contributed by atoms with Crippen LogP contribution in [0.2, 0.25) is 0 Å². The molecule has 0 spiro atoms. The van der Waals surface area contributed by atoms with E-state index in [4.69, 9.17) is 9.15 Å². The summed E-state index contributed by atoms with van der Waals surface area (Å²) in [5, 5.41) is 20.4. The fourth-order valence-electron chi connectivity index (χ4n) is 3.66. The summed E-state index contributed by atoms with van der Waals surface area (Å²) in [6.45, 7) is 0.874. The Morgan fingerprint density at radius 2 is 2.07 bits per heavy atom. The van der Waals surface area contributed by atoms with Gasteiger partial charge in [-0.2, -0.15) is 0 Å². The van der Waals surface area contributed by atoms with Crippen molar-refractivity contribution in [3.63, 3.8) is 0 Å². The smallest absolute Gasteiger partial charge is 0.290 e. The molecule has 0 saturated carbocycles. The number of rotatable bonds is 5. The maximum Gasteiger partial charge on any atom is 0.290 e. The molecule has 27 heavy (non-hydrogen) atoms. The number of Topliss-reactive ketones (excluding diaryl/α,β-unsaturated/α-hetero) is 1. The Bertz CT molecular complexity index is 895. The molecule has 1 aromatic heterocycles. The van der Waals surface area contributed by atoms with Gasteiger partial charge in [-0.05, 0) is 42.7 Å². The van der Waals surface area contributed by atoms with Gasteiger partial charge in [0.25, 0.3) is 5.91 Å². The van der Waals surface area contributed by atoms with E-state index in [1.165, 1.54) is 29.4 Å². The maximum atomic E-state index is 12.9. The second-order valence-corrected chi connectivity index (χ2v) is 6.66. The van der Waals surface area contributed by atoms with Gasteiger partial charge in [-0.15, -0.1) is 0 Å². The first-order valence-electron chi connectivity index (χ1n) is 8.79. The van der Waals surface area contributed by atoms with Crippen LogP contribution in [0.3, 0.4) is 0 Å². The Balaban J connectivity index is 1.76. The van der Waals surface area contributed by atoms with Gasteiger partial charge in [0.05, 0.1) is 24.0 Å². The largest absolute Gasteiger partial charge is 0.508 e. The van der Waals surface area contributed by atoms with Crippen LogP contribution in [0.4, 0.5) is 0 Å². The van der Waals surface area contributed by atoms with Gasteiger partial charge in [-0.25, -0.2) is 0 Å². The highest BCUT2D eigenvalue weighted by atomic mass is 16.5. The number of carbonyl (C=O) groups is 2. The van der Waals surface area contributed by atoms with Crippen molar-refractivity contribution in [2.75, 3.05) is 13.2 Å². The summed E-state index contributed by atoms with van der Waals surface area (Å²) in [4.78, 5) is 27.1. The average molecular weight is 369 g/mol. The lowest BCUT2D eigenvalue weighted by Gasteiger charge is -2.28. The molecule has 140 valence electrons. The number of benzene rings is 1. The quantitative estimate of drug-likeness (QED) is 0.786. The van der Waals surface area contributed by atoms with Crippen molar-refractivity contribution in [1.82, 2.24) is 4.90 Å². The molecule has 3 heterocycles. The fraction of sp³-hybridized carbons (Fsp3) is 0.300. The van der Waals surface area contributed by atoms with E-state index >= 15 is 0 Å². The van der Waals surface area contributed by atoms with Crippen LogP contribution in [0.5, 0.6) is 5.75 Å². The molecule has 0 aliphatic carbocycles. The van der Waals surface area contributed by atoms with E-state index < -0.39 is 23.5 Å². The highest BCUT2D eigenvalue weighted by Crippen LogP contribution is 2.40. The van der Waals surface area contributed by atoms with Gasteiger partial charge < -0.3 is 24.3 Å². The third-order valence-electron chi connectivity index (χ3n) is 4.90. The number of nitrogens with zero attached hydrogens (tertiary/aromatic N) is 1. The predicted octanol–water partition coefficient (Wildman–Crippen LogP) is 2.74. The summed E-state index contributed by atoms with van der Waals surface area (Å²) in [6.07, 6.45) is 2.91. The molecular weight excluding hydrogens is 350 g/mol. The minimum atomic E-state index is -0.827. The van der Waals surface area contributed by atoms with Gasteiger partial charge in [0.1, 0.15) is 5.75 Å². The minimum Gasteiger partial charge on any atom is -0.508 e. The number of aromatic hydroxyl groups is 1. The van der Waals surface area contributed by atoms with Crippen LogP contribution in [0.1, 0.15) is 35.0 Å². The molecular formula is C20H19NO6. The molecule has 2 atom stereocenters. The first kappa shape index (κ1) is 17.4. The molecule has 2 N–H and O–H groups in total. The van der Waals surface area contributed by atoms with E-state index in [-0.39, 0.29) is 29.7 Å². The lowest BCUT2D eigenvalue weighted by molar-refractivity contribution is -0.131. The molecule has 2 aromatic rings. The number of phenolic OH excluding ortho intramolecular Hbond substituents is 1. The van der Waals surface area contributed by atoms with Gasteiger partial charge >= 0.3 is 0 Å². The SMILES string of the molecule is O=C(C1=C(O)C(=O)N(C[C@H]2CCCO2)[C@H]1c1cccc(O)c1)c1ccco1. The molecule has 2 aliphatic rings. The van der Waals surface area contributed by atoms with Crippen molar-refractivity contribution in [1.29, 1.82) is 0 Å². The van der Waals surface area contributed by atoms with Gasteiger partial charge in [0.2, 0.25) is 5.78 Å². The molecule has 1 amide bonds. The molecule has 1 saturated heterocycles. The summed E-state index contributed by atoms with van der Waals surface area (Å²) in [5.74, 6) is -1.74. The molecule has 0 unspecified atom stereocenters. The molecule has 4 rings (SSSR count). The highest BCUT2D eigenvalue weighted by Gasteiger charge is 2.45. The number of aliphatic hydroxyl groups is 1. The van der Waals surface area contributed by atoms with Crippen LogP contribution in [0, 0.1) is 0 Å². The Morgan fingerprint density at radius 3 is 2.74 bits per heavy atom. The molecule has 1 fully saturated rings. The molecule has 0 radical (unpaired) electrons. The summed E-state index contributed by atoms with van der Waals surface area (Å²) in [5.41, 5.74) is 0.471. The zero-order valence-electron chi connectivity index (χ0n) is 14.5. The molecule has 2 aliphatic heterocycles. The van der Waals surface area contributed by atoms with Crippen molar-refractivity contribution >= 4 is 11.7 Å². The average Bonchev–Trinajstić information content (AvgIpc) is 3.40. The molecule has 7 nitrogen and oxygen atoms in total. The number of amides is 1. The summed E-state index contributed by atoms with van der Waals surface area (Å²) in [7, 11) is 0. The molecule has 1 aromatic carbocycles. The van der Waals surface area contributed by atoms with E-state index in [1.807, 2.05) is 0 Å². The number of ether oxygens (including phenoxy) is 1. The summed E-state index contributed by atoms with van der Waals surface area (Å²) >= 11 is 0. The lowest BCUT2D eigenvalue weighted by atomic mass is 9.94. The van der Waals surface area contributed by atoms with Gasteiger partial charge in [0.15, 0.2) is 11.5 Å². The number of hydrogen-bond donors (Lipinski definition) is 2. The Morgan fingerprint density at radius 1 is 1.22 bits per heavy atom. The van der Waals surface area contributed by atoms with Crippen LogP contribution in [0.25, 0.3) is 0 Å². The first-order chi connectivity index (χ1) is 13.1. The van der Waals surface area contributed by atoms with Gasteiger partial charge in [0, 0.05) is 13.2 Å². The zero-order chi connectivity index (χ0) is 19.0. The van der Waals surface area contributed by atoms with Crippen molar-refractivity contribution in [3.05, 3.63) is 65.3 Å². The zero-order valence-corrected chi connectivity index (χ0v) is 14.5. The molecule has 7 heteroatoms. The predicted molar refractivity (Wildman–Crippen MR) is 94.2 cm³/mol. The Hall–Kier alpha value is -3.06. The van der Waals surface area contributed by atoms with E-state index in [2.05, 4.69) is 0 Å². The van der Waals surface area contributed by atoms with Crippen molar-refractivity contribution in [3.8, 4) is 5.75 Å². The van der Waals surface area contributed by atoms with Crippen molar-refractivity contribution < 1.29 is 29.0 Å². The van der Waals surface area contributed by atoms with Gasteiger partial charge in [-0.1, -0.05) is 12.1 Å². The third kappa shape index (κ3) is 3.10. The topological polar surface area (TPSA) is 100 Å². The number of ketones is 1. The van der Waals surface area contributed by atoms with E-state index in [0.717, 1.165) is 12.8 Å². The van der Waals surface area contributed by atoms with E-state index in [0.29, 0.717) is 12.2 Å². The number of phenols is 1. The number of furan rings is 1. The fourth-order valence-corrected chi connectivity index (χ4v) is 3.66. The van der Waals surface area contributed by atoms with E-state index in [1.54, 1.807) is 18.2 Å². The van der Waals surface area contributed by atoms with Gasteiger partial charge in [-0.3, -0.25) is 9.59 Å². The lowest BCUT2D eigenvalue weighted by Crippen LogP contribution is -2.37. The first-order valence-corrected chi connectivity index (χ1v) is 8.79. The number of hydrogen-bond acceptors (Lipinski definition) is 6. The second kappa shape index (κ2) is 6.92. The third-order valence-corrected chi connectivity index (χ3v) is 4.90. The monoisotopic (exact) mass is 369 g/mol. The van der Waals surface area contributed by atoms with Crippen LogP contribution in [-0.2, 0) is 9.53 Å². The minimum absolute atomic E-state index is 0.00760. The molecule has 0 bridgehead atoms. The van der Waals surface area contributed by atoms with Crippen LogP contribution in [-0.4, -0.2) is 46.1 Å². The van der Waals surface area contributed by atoms with Crippen LogP contribution >= 0.6 is 0 Å². The summed E-state index contributed by atoms with van der Waals surface area (Å²) < 4.78 is 10.8. The maximum absolute atomic E-state index is 12.9.